The Morgan fingerprint density at radius 3 is 2.18 bits per heavy atom. The molecule has 0 aliphatic rings. The Morgan fingerprint density at radius 2 is 1.50 bits per heavy atom. The fourth-order valence-corrected chi connectivity index (χ4v) is 2.47. The Morgan fingerprint density at radius 1 is 0.857 bits per heavy atom. The number of rotatable bonds is 13. The van der Waals surface area contributed by atoms with E-state index in [-0.39, 0.29) is 12.2 Å². The minimum atomic E-state index is -0.952. The van der Waals surface area contributed by atoms with Gasteiger partial charge in [-0.3, -0.25) is 4.79 Å². The van der Waals surface area contributed by atoms with Crippen LogP contribution in [0.1, 0.15) is 32.1 Å². The lowest BCUT2D eigenvalue weighted by molar-refractivity contribution is -0.137. The van der Waals surface area contributed by atoms with Crippen LogP contribution >= 0.6 is 0 Å². The number of aliphatic carboxylic acids is 1. The van der Waals surface area contributed by atoms with Gasteiger partial charge in [0.2, 0.25) is 0 Å². The maximum absolute atomic E-state index is 13.2. The third kappa shape index (κ3) is 8.35. The molecule has 0 heterocycles. The van der Waals surface area contributed by atoms with Crippen molar-refractivity contribution >= 4 is 5.97 Å². The van der Waals surface area contributed by atoms with Gasteiger partial charge in [-0.05, 0) is 75.2 Å². The molecule has 2 aromatic rings. The number of carbonyl (C=O) groups is 1. The molecule has 0 atom stereocenters. The van der Waals surface area contributed by atoms with Crippen molar-refractivity contribution < 1.29 is 28.2 Å². The number of carboxylic acid groups (broad SMARTS) is 1. The molecule has 0 radical (unpaired) electrons. The largest absolute Gasteiger partial charge is 0.494 e. The molecule has 5 nitrogen and oxygen atoms in total. The molecule has 0 aromatic heterocycles. The van der Waals surface area contributed by atoms with Gasteiger partial charge in [-0.25, -0.2) is 8.78 Å². The molecule has 0 saturated heterocycles. The SMILES string of the molecule is O=C(O)CCCCNCCCCOc1ccc(Oc2ccc(F)c(F)c2)cc1. The van der Waals surface area contributed by atoms with Crippen molar-refractivity contribution in [2.24, 2.45) is 0 Å². The summed E-state index contributed by atoms with van der Waals surface area (Å²) < 4.78 is 37.2. The molecule has 2 rings (SSSR count). The van der Waals surface area contributed by atoms with E-state index >= 15 is 0 Å². The monoisotopic (exact) mass is 393 g/mol. The molecule has 28 heavy (non-hydrogen) atoms. The molecule has 0 fully saturated rings. The topological polar surface area (TPSA) is 67.8 Å². The zero-order chi connectivity index (χ0) is 20.2. The van der Waals surface area contributed by atoms with E-state index in [0.29, 0.717) is 24.5 Å². The highest BCUT2D eigenvalue weighted by Gasteiger charge is 2.04. The molecule has 0 amide bonds. The molecule has 0 aliphatic heterocycles. The van der Waals surface area contributed by atoms with E-state index in [1.807, 2.05) is 0 Å². The predicted molar refractivity (Wildman–Crippen MR) is 102 cm³/mol. The molecule has 0 saturated carbocycles. The van der Waals surface area contributed by atoms with Crippen LogP contribution in [0.15, 0.2) is 42.5 Å². The number of benzene rings is 2. The third-order valence-electron chi connectivity index (χ3n) is 3.96. The highest BCUT2D eigenvalue weighted by Crippen LogP contribution is 2.25. The van der Waals surface area contributed by atoms with Crippen molar-refractivity contribution in [3.05, 3.63) is 54.1 Å². The van der Waals surface area contributed by atoms with Crippen LogP contribution in [0.3, 0.4) is 0 Å². The van der Waals surface area contributed by atoms with Gasteiger partial charge >= 0.3 is 5.97 Å². The zero-order valence-electron chi connectivity index (χ0n) is 15.6. The average molecular weight is 393 g/mol. The molecule has 152 valence electrons. The first-order valence-corrected chi connectivity index (χ1v) is 9.33. The molecule has 2 N–H and O–H groups in total. The lowest BCUT2D eigenvalue weighted by atomic mass is 10.2. The molecular weight excluding hydrogens is 368 g/mol. The summed E-state index contributed by atoms with van der Waals surface area (Å²) in [6, 6.07) is 10.3. The number of hydrogen-bond acceptors (Lipinski definition) is 4. The van der Waals surface area contributed by atoms with Crippen molar-refractivity contribution in [3.8, 4) is 17.2 Å². The molecular formula is C21H25F2NO4. The molecule has 2 aromatic carbocycles. The Hall–Kier alpha value is -2.67. The van der Waals surface area contributed by atoms with Gasteiger partial charge < -0.3 is 19.9 Å². The van der Waals surface area contributed by atoms with Crippen molar-refractivity contribution in [1.82, 2.24) is 5.32 Å². The van der Waals surface area contributed by atoms with Gasteiger partial charge in [0.15, 0.2) is 11.6 Å². The molecule has 0 bridgehead atoms. The number of halogens is 2. The van der Waals surface area contributed by atoms with Gasteiger partial charge in [0.1, 0.15) is 17.2 Å². The lowest BCUT2D eigenvalue weighted by Gasteiger charge is -2.09. The van der Waals surface area contributed by atoms with Crippen LogP contribution in [0.5, 0.6) is 17.2 Å². The van der Waals surface area contributed by atoms with Gasteiger partial charge in [0.25, 0.3) is 0 Å². The van der Waals surface area contributed by atoms with Gasteiger partial charge in [-0.15, -0.1) is 0 Å². The van der Waals surface area contributed by atoms with Crippen molar-refractivity contribution in [1.29, 1.82) is 0 Å². The standard InChI is InChI=1S/C21H25F2NO4/c22-19-11-10-18(15-20(19)23)28-17-8-6-16(7-9-17)27-14-4-3-13-24-12-2-1-5-21(25)26/h6-11,15,24H,1-5,12-14H2,(H,25,26). The number of nitrogens with one attached hydrogen (secondary N) is 1. The first-order valence-electron chi connectivity index (χ1n) is 9.33. The van der Waals surface area contributed by atoms with Gasteiger partial charge in [0.05, 0.1) is 6.61 Å². The maximum Gasteiger partial charge on any atom is 0.303 e. The van der Waals surface area contributed by atoms with Crippen molar-refractivity contribution in [2.75, 3.05) is 19.7 Å². The van der Waals surface area contributed by atoms with Gasteiger partial charge in [-0.2, -0.15) is 0 Å². The second kappa shape index (κ2) is 11.9. The number of carboxylic acids is 1. The van der Waals surface area contributed by atoms with Crippen LogP contribution in [0, 0.1) is 11.6 Å². The zero-order valence-corrected chi connectivity index (χ0v) is 15.6. The van der Waals surface area contributed by atoms with Gasteiger partial charge in [-0.1, -0.05) is 0 Å². The Balaban J connectivity index is 1.57. The quantitative estimate of drug-likeness (QED) is 0.480. The first kappa shape index (κ1) is 21.6. The Labute approximate surface area is 163 Å². The van der Waals surface area contributed by atoms with E-state index in [2.05, 4.69) is 5.32 Å². The van der Waals surface area contributed by atoms with E-state index < -0.39 is 17.6 Å². The van der Waals surface area contributed by atoms with Crippen LogP contribution < -0.4 is 14.8 Å². The maximum atomic E-state index is 13.2. The number of ether oxygens (including phenoxy) is 2. The van der Waals surface area contributed by atoms with E-state index in [0.717, 1.165) is 44.5 Å². The summed E-state index contributed by atoms with van der Waals surface area (Å²) in [6.45, 7) is 2.29. The lowest BCUT2D eigenvalue weighted by Crippen LogP contribution is -2.17. The summed E-state index contributed by atoms with van der Waals surface area (Å²) in [4.78, 5) is 10.4. The van der Waals surface area contributed by atoms with E-state index in [1.165, 1.54) is 6.07 Å². The summed E-state index contributed by atoms with van der Waals surface area (Å²) in [5, 5.41) is 11.8. The molecule has 0 unspecified atom stereocenters. The van der Waals surface area contributed by atoms with E-state index in [1.54, 1.807) is 24.3 Å². The first-order chi connectivity index (χ1) is 13.5. The summed E-state index contributed by atoms with van der Waals surface area (Å²) in [5.41, 5.74) is 0. The van der Waals surface area contributed by atoms with Crippen molar-refractivity contribution in [3.63, 3.8) is 0 Å². The minimum absolute atomic E-state index is 0.222. The predicted octanol–water partition coefficient (Wildman–Crippen LogP) is 4.76. The fraction of sp³-hybridized carbons (Fsp3) is 0.381. The third-order valence-corrected chi connectivity index (χ3v) is 3.96. The van der Waals surface area contributed by atoms with Crippen LogP contribution in [0.2, 0.25) is 0 Å². The summed E-state index contributed by atoms with van der Waals surface area (Å²) in [6.07, 6.45) is 3.65. The fourth-order valence-electron chi connectivity index (χ4n) is 2.47. The summed E-state index contributed by atoms with van der Waals surface area (Å²) in [7, 11) is 0. The number of hydrogen-bond donors (Lipinski definition) is 2. The highest BCUT2D eigenvalue weighted by atomic mass is 19.2. The second-order valence-electron chi connectivity index (χ2n) is 6.31. The van der Waals surface area contributed by atoms with Crippen LogP contribution in [0.4, 0.5) is 8.78 Å². The van der Waals surface area contributed by atoms with E-state index in [9.17, 15) is 13.6 Å². The summed E-state index contributed by atoms with van der Waals surface area (Å²) in [5.74, 6) is -1.18. The normalized spacial score (nSPS) is 10.6. The van der Waals surface area contributed by atoms with Gasteiger partial charge in [0, 0.05) is 12.5 Å². The van der Waals surface area contributed by atoms with E-state index in [4.69, 9.17) is 14.6 Å². The van der Waals surface area contributed by atoms with Crippen LogP contribution in [-0.4, -0.2) is 30.8 Å². The highest BCUT2D eigenvalue weighted by molar-refractivity contribution is 5.66. The second-order valence-corrected chi connectivity index (χ2v) is 6.31. The van der Waals surface area contributed by atoms with Crippen LogP contribution in [-0.2, 0) is 4.79 Å². The average Bonchev–Trinajstić information content (AvgIpc) is 2.67. The molecule has 7 heteroatoms. The Bertz CT molecular complexity index is 738. The van der Waals surface area contributed by atoms with Crippen LogP contribution in [0.25, 0.3) is 0 Å². The molecule has 0 spiro atoms. The summed E-state index contributed by atoms with van der Waals surface area (Å²) >= 11 is 0. The molecule has 0 aliphatic carbocycles. The smallest absolute Gasteiger partial charge is 0.303 e. The Kier molecular flexibility index (Phi) is 9.21. The minimum Gasteiger partial charge on any atom is -0.494 e. The van der Waals surface area contributed by atoms with Crippen molar-refractivity contribution in [2.45, 2.75) is 32.1 Å². The number of unbranched alkanes of at least 4 members (excludes halogenated alkanes) is 2.